The third-order valence-corrected chi connectivity index (χ3v) is 6.21. The summed E-state index contributed by atoms with van der Waals surface area (Å²) in [6.45, 7) is 6.31. The molecule has 198 valence electrons. The van der Waals surface area contributed by atoms with Crippen LogP contribution in [0.3, 0.4) is 0 Å². The molecule has 5 rings (SSSR count). The Balaban J connectivity index is 0.000000391. The Bertz CT molecular complexity index is 1370. The van der Waals surface area contributed by atoms with Crippen molar-refractivity contribution in [1.29, 1.82) is 0 Å². The van der Waals surface area contributed by atoms with Crippen molar-refractivity contribution in [2.45, 2.75) is 13.5 Å². The molecule has 38 heavy (non-hydrogen) atoms. The molecule has 1 aliphatic heterocycles. The molecule has 2 amide bonds. The molecule has 0 radical (unpaired) electrons. The Labute approximate surface area is 235 Å². The molecule has 0 spiro atoms. The number of anilines is 3. The Morgan fingerprint density at radius 1 is 0.921 bits per heavy atom. The zero-order valence-electron chi connectivity index (χ0n) is 20.7. The van der Waals surface area contributed by atoms with E-state index in [1.807, 2.05) is 68.6 Å². The highest BCUT2D eigenvalue weighted by molar-refractivity contribution is 6.40. The number of carbonyl (C=O) groups excluding carboxylic acids is 3. The number of nitrogens with one attached hydrogen (secondary N) is 1. The molecule has 0 aliphatic carbocycles. The van der Waals surface area contributed by atoms with Crippen LogP contribution in [0.15, 0.2) is 67.1 Å². The number of nitrogens with zero attached hydrogens (tertiary/aromatic N) is 3. The number of benzene rings is 3. The minimum absolute atomic E-state index is 0.326. The van der Waals surface area contributed by atoms with Crippen LogP contribution in [0.5, 0.6) is 0 Å². The second-order valence-electron chi connectivity index (χ2n) is 7.79. The van der Waals surface area contributed by atoms with E-state index < -0.39 is 0 Å². The molecule has 8 nitrogen and oxygen atoms in total. The Kier molecular flexibility index (Phi) is 11.3. The maximum atomic E-state index is 12.7. The maximum absolute atomic E-state index is 12.7. The molecule has 1 aliphatic rings. The normalized spacial score (nSPS) is 11.4. The molecule has 0 bridgehead atoms. The quantitative estimate of drug-likeness (QED) is 0.262. The first kappa shape index (κ1) is 30.4. The Morgan fingerprint density at radius 3 is 2.05 bits per heavy atom. The van der Waals surface area contributed by atoms with Gasteiger partial charge in [-0.25, -0.2) is 9.78 Å². The number of hydrogen-bond donors (Lipinski definition) is 2. The maximum Gasteiger partial charge on any atom is 0.326 e. The zero-order valence-corrected chi connectivity index (χ0v) is 23.0. The fourth-order valence-corrected chi connectivity index (χ4v) is 4.61. The largest absolute Gasteiger partial charge is 0.399 e. The van der Waals surface area contributed by atoms with Crippen molar-refractivity contribution in [3.63, 3.8) is 0 Å². The van der Waals surface area contributed by atoms with Crippen molar-refractivity contribution in [3.05, 3.63) is 93.4 Å². The fourth-order valence-electron chi connectivity index (χ4n) is 3.80. The van der Waals surface area contributed by atoms with Crippen LogP contribution in [0.4, 0.5) is 21.9 Å². The summed E-state index contributed by atoms with van der Waals surface area (Å²) in [5, 5.41) is 4.21. The van der Waals surface area contributed by atoms with E-state index in [4.69, 9.17) is 50.1 Å². The number of aromatic nitrogens is 2. The lowest BCUT2D eigenvalue weighted by Crippen LogP contribution is -2.41. The van der Waals surface area contributed by atoms with Gasteiger partial charge in [-0.3, -0.25) is 4.90 Å². The van der Waals surface area contributed by atoms with E-state index in [0.29, 0.717) is 38.7 Å². The van der Waals surface area contributed by atoms with Crippen molar-refractivity contribution in [2.24, 2.45) is 7.05 Å². The number of nitrogen functional groups attached to an aromatic ring is 1. The molecule has 0 fully saturated rings. The smallest absolute Gasteiger partial charge is 0.326 e. The van der Waals surface area contributed by atoms with Gasteiger partial charge in [-0.05, 0) is 42.8 Å². The van der Waals surface area contributed by atoms with Crippen LogP contribution in [-0.4, -0.2) is 29.2 Å². The molecule has 4 aromatic rings. The summed E-state index contributed by atoms with van der Waals surface area (Å²) < 4.78 is 1.93. The first-order valence-electron chi connectivity index (χ1n) is 11.0. The summed E-state index contributed by atoms with van der Waals surface area (Å²) in [7, 11) is 1.96. The summed E-state index contributed by atoms with van der Waals surface area (Å²) in [5.74, 6) is 0. The van der Waals surface area contributed by atoms with Crippen LogP contribution in [0.2, 0.25) is 15.1 Å². The Hall–Kier alpha value is -3.85. The summed E-state index contributed by atoms with van der Waals surface area (Å²) in [4.78, 5) is 34.2. The van der Waals surface area contributed by atoms with Gasteiger partial charge >= 0.3 is 6.03 Å². The number of urea groups is 1. The van der Waals surface area contributed by atoms with Crippen LogP contribution >= 0.6 is 34.8 Å². The van der Waals surface area contributed by atoms with Gasteiger partial charge in [0.05, 0.1) is 33.4 Å². The highest BCUT2D eigenvalue weighted by Gasteiger charge is 2.31. The van der Waals surface area contributed by atoms with Gasteiger partial charge in [0.15, 0.2) is 0 Å². The molecule has 11 heteroatoms. The molecule has 1 aromatic heterocycles. The molecule has 0 saturated carbocycles. The topological polar surface area (TPSA) is 110 Å². The van der Waals surface area contributed by atoms with Gasteiger partial charge in [-0.2, -0.15) is 0 Å². The van der Waals surface area contributed by atoms with Crippen molar-refractivity contribution in [1.82, 2.24) is 14.9 Å². The van der Waals surface area contributed by atoms with E-state index >= 15 is 0 Å². The van der Waals surface area contributed by atoms with Crippen molar-refractivity contribution >= 4 is 71.5 Å². The second-order valence-corrected chi connectivity index (χ2v) is 9.01. The van der Waals surface area contributed by atoms with Crippen LogP contribution in [0.25, 0.3) is 11.1 Å². The minimum atomic E-state index is -0.326. The van der Waals surface area contributed by atoms with Crippen LogP contribution in [-0.2, 0) is 23.2 Å². The summed E-state index contributed by atoms with van der Waals surface area (Å²) in [6, 6.07) is 15.9. The average Bonchev–Trinajstić information content (AvgIpc) is 3.30. The van der Waals surface area contributed by atoms with Crippen molar-refractivity contribution in [2.75, 3.05) is 10.6 Å². The van der Waals surface area contributed by atoms with Gasteiger partial charge in [0.2, 0.25) is 0 Å². The first-order chi connectivity index (χ1) is 18.3. The number of aryl methyl sites for hydroxylation is 2. The molecule has 0 unspecified atom stereocenters. The number of rotatable bonds is 2. The van der Waals surface area contributed by atoms with Gasteiger partial charge in [0.1, 0.15) is 13.6 Å². The summed E-state index contributed by atoms with van der Waals surface area (Å²) in [5.41, 5.74) is 11.4. The van der Waals surface area contributed by atoms with Gasteiger partial charge in [0, 0.05) is 41.6 Å². The number of hydrogen-bond acceptors (Lipinski definition) is 5. The molecule has 0 atom stereocenters. The fraction of sp³-hybridized carbons (Fsp3) is 0.111. The third kappa shape index (κ3) is 6.92. The molecular formula is C27H26Cl3N5O3. The summed E-state index contributed by atoms with van der Waals surface area (Å²) in [6.07, 6.45) is 3.76. The van der Waals surface area contributed by atoms with Gasteiger partial charge in [-0.1, -0.05) is 59.1 Å². The predicted molar refractivity (Wildman–Crippen MR) is 154 cm³/mol. The van der Waals surface area contributed by atoms with E-state index in [9.17, 15) is 4.79 Å². The minimum Gasteiger partial charge on any atom is -0.399 e. The van der Waals surface area contributed by atoms with E-state index in [0.717, 1.165) is 22.4 Å². The van der Waals surface area contributed by atoms with Crippen molar-refractivity contribution < 1.29 is 14.4 Å². The lowest BCUT2D eigenvalue weighted by atomic mass is 9.95. The van der Waals surface area contributed by atoms with E-state index in [1.165, 1.54) is 4.90 Å². The predicted octanol–water partition coefficient (Wildman–Crippen LogP) is 6.62. The molecule has 3 aromatic carbocycles. The van der Waals surface area contributed by atoms with Gasteiger partial charge in [-0.15, -0.1) is 0 Å². The van der Waals surface area contributed by atoms with Crippen LogP contribution in [0.1, 0.15) is 11.3 Å². The number of fused-ring (bicyclic) bond motifs is 1. The molecule has 2 heterocycles. The number of para-hydroxylation sites is 1. The van der Waals surface area contributed by atoms with Gasteiger partial charge < -0.3 is 25.2 Å². The lowest BCUT2D eigenvalue weighted by molar-refractivity contribution is -0.0987. The molecule has 3 N–H and O–H groups in total. The average molecular weight is 575 g/mol. The highest BCUT2D eigenvalue weighted by Crippen LogP contribution is 2.44. The second kappa shape index (κ2) is 14.2. The SMILES string of the molecule is C=O.C=O.Cc1cn(C)cn1.Nc1cc(-c2ccccc2Cl)c2c(c1)N(c1c(Cl)cccc1Cl)C(=O)NC2. The van der Waals surface area contributed by atoms with E-state index in [-0.39, 0.29) is 6.03 Å². The standard InChI is InChI=1S/C20H14Cl3N3O.C5H8N2.2CH2O/c21-15-5-2-1-4-12(15)13-8-11(24)9-18-14(13)10-25-20(27)26(18)19-16(22)6-3-7-17(19)23;1-5-3-7(2)4-6-5;2*1-2/h1-9H,10,24H2,(H,25,27);3-4H,1-2H3;2*1H2. The first-order valence-corrected chi connectivity index (χ1v) is 12.1. The van der Waals surface area contributed by atoms with Gasteiger partial charge in [0.25, 0.3) is 0 Å². The third-order valence-electron chi connectivity index (χ3n) is 5.27. The number of halogens is 3. The van der Waals surface area contributed by atoms with E-state index in [2.05, 4.69) is 10.3 Å². The monoisotopic (exact) mass is 573 g/mol. The number of carbonyl (C=O) groups is 3. The number of amides is 2. The highest BCUT2D eigenvalue weighted by atomic mass is 35.5. The van der Waals surface area contributed by atoms with Crippen molar-refractivity contribution in [3.8, 4) is 11.1 Å². The number of imidazole rings is 1. The van der Waals surface area contributed by atoms with E-state index in [1.54, 1.807) is 30.6 Å². The Morgan fingerprint density at radius 2 is 1.53 bits per heavy atom. The number of nitrogens with two attached hydrogens (primary N) is 1. The molecule has 0 saturated heterocycles. The summed E-state index contributed by atoms with van der Waals surface area (Å²) >= 11 is 19.1. The molecular weight excluding hydrogens is 549 g/mol. The lowest BCUT2D eigenvalue weighted by Gasteiger charge is -2.33. The van der Waals surface area contributed by atoms with Crippen LogP contribution in [0, 0.1) is 6.92 Å². The van der Waals surface area contributed by atoms with Crippen LogP contribution < -0.4 is 16.0 Å². The zero-order chi connectivity index (χ0) is 28.4.